The maximum absolute atomic E-state index is 12.3. The molecule has 0 saturated carbocycles. The Bertz CT molecular complexity index is 506. The van der Waals surface area contributed by atoms with E-state index >= 15 is 0 Å². The van der Waals surface area contributed by atoms with Gasteiger partial charge in [0.15, 0.2) is 5.78 Å². The molecule has 0 radical (unpaired) electrons. The molecule has 1 aromatic carbocycles. The average molecular weight is 324 g/mol. The van der Waals surface area contributed by atoms with Gasteiger partial charge in [0.05, 0.1) is 11.9 Å². The molecule has 2 unspecified atom stereocenters. The largest absolute Gasteiger partial charge is 0.445 e. The fourth-order valence-electron chi connectivity index (χ4n) is 2.82. The summed E-state index contributed by atoms with van der Waals surface area (Å²) in [7, 11) is 0. The lowest BCUT2D eigenvalue weighted by Crippen LogP contribution is -2.50. The van der Waals surface area contributed by atoms with E-state index in [1.54, 1.807) is 4.90 Å². The van der Waals surface area contributed by atoms with Crippen molar-refractivity contribution in [3.05, 3.63) is 35.9 Å². The van der Waals surface area contributed by atoms with Crippen LogP contribution < -0.4 is 0 Å². The van der Waals surface area contributed by atoms with E-state index in [0.717, 1.165) is 18.4 Å². The normalized spacial score (nSPS) is 21.5. The number of benzene rings is 1. The number of rotatable bonds is 5. The second kappa shape index (κ2) is 8.18. The lowest BCUT2D eigenvalue weighted by atomic mass is 9.87. The first-order chi connectivity index (χ1) is 10.7. The van der Waals surface area contributed by atoms with Crippen molar-refractivity contribution in [2.24, 2.45) is 5.92 Å². The van der Waals surface area contributed by atoms with E-state index in [-0.39, 0.29) is 18.3 Å². The molecule has 1 fully saturated rings. The number of hydrogen-bond donors (Lipinski definition) is 0. The van der Waals surface area contributed by atoms with E-state index in [4.69, 9.17) is 16.3 Å². The molecule has 1 aromatic rings. The third-order valence-corrected chi connectivity index (χ3v) is 4.49. The highest BCUT2D eigenvalue weighted by molar-refractivity contribution is 6.28. The highest BCUT2D eigenvalue weighted by Crippen LogP contribution is 2.27. The molecule has 1 amide bonds. The van der Waals surface area contributed by atoms with Gasteiger partial charge >= 0.3 is 6.09 Å². The molecule has 1 aliphatic heterocycles. The van der Waals surface area contributed by atoms with E-state index in [1.807, 2.05) is 30.3 Å². The zero-order valence-electron chi connectivity index (χ0n) is 12.8. The number of hydrogen-bond acceptors (Lipinski definition) is 3. The highest BCUT2D eigenvalue weighted by atomic mass is 35.5. The molecule has 0 aromatic heterocycles. The quantitative estimate of drug-likeness (QED) is 0.777. The monoisotopic (exact) mass is 323 g/mol. The Hall–Kier alpha value is -1.55. The van der Waals surface area contributed by atoms with Crippen molar-refractivity contribution in [3.8, 4) is 0 Å². The molecule has 0 aliphatic carbocycles. The SMILES string of the molecule is CCC1CCN(C(=O)OCc2ccccc2)C(C(=O)CCl)C1. The Kier molecular flexibility index (Phi) is 6.25. The summed E-state index contributed by atoms with van der Waals surface area (Å²) in [6, 6.07) is 9.07. The van der Waals surface area contributed by atoms with Crippen LogP contribution in [-0.2, 0) is 16.1 Å². The van der Waals surface area contributed by atoms with E-state index < -0.39 is 12.1 Å². The van der Waals surface area contributed by atoms with Crippen molar-refractivity contribution in [2.75, 3.05) is 12.4 Å². The van der Waals surface area contributed by atoms with Gasteiger partial charge in [-0.2, -0.15) is 0 Å². The number of nitrogens with zero attached hydrogens (tertiary/aromatic N) is 1. The predicted octanol–water partition coefficient (Wildman–Crippen LogP) is 3.62. The molecule has 1 aliphatic rings. The number of likely N-dealkylation sites (tertiary alicyclic amines) is 1. The fraction of sp³-hybridized carbons (Fsp3) is 0.529. The molecule has 4 nitrogen and oxygen atoms in total. The zero-order chi connectivity index (χ0) is 15.9. The summed E-state index contributed by atoms with van der Waals surface area (Å²) >= 11 is 5.69. The molecule has 2 rings (SSSR count). The number of halogens is 1. The van der Waals surface area contributed by atoms with Crippen molar-refractivity contribution in [3.63, 3.8) is 0 Å². The van der Waals surface area contributed by atoms with Gasteiger partial charge in [-0.15, -0.1) is 11.6 Å². The number of Topliss-reactive ketones (excluding diaryl/α,β-unsaturated/α-hetero) is 1. The lowest BCUT2D eigenvalue weighted by molar-refractivity contribution is -0.123. The Morgan fingerprint density at radius 2 is 2.05 bits per heavy atom. The van der Waals surface area contributed by atoms with Gasteiger partial charge in [-0.1, -0.05) is 43.7 Å². The number of ether oxygens (including phenoxy) is 1. The van der Waals surface area contributed by atoms with Gasteiger partial charge < -0.3 is 4.74 Å². The number of carbonyl (C=O) groups is 2. The zero-order valence-corrected chi connectivity index (χ0v) is 13.6. The molecule has 0 spiro atoms. The first-order valence-electron chi connectivity index (χ1n) is 7.71. The van der Waals surface area contributed by atoms with Crippen LogP contribution in [0.15, 0.2) is 30.3 Å². The van der Waals surface area contributed by atoms with Gasteiger partial charge in [-0.3, -0.25) is 9.69 Å². The van der Waals surface area contributed by atoms with Gasteiger partial charge in [0, 0.05) is 6.54 Å². The van der Waals surface area contributed by atoms with Crippen LogP contribution in [0.4, 0.5) is 4.79 Å². The Morgan fingerprint density at radius 1 is 1.32 bits per heavy atom. The van der Waals surface area contributed by atoms with Crippen LogP contribution in [-0.4, -0.2) is 35.2 Å². The topological polar surface area (TPSA) is 46.6 Å². The van der Waals surface area contributed by atoms with Crippen molar-refractivity contribution < 1.29 is 14.3 Å². The second-order valence-corrected chi connectivity index (χ2v) is 5.92. The van der Waals surface area contributed by atoms with Gasteiger partial charge in [-0.25, -0.2) is 4.79 Å². The first-order valence-corrected chi connectivity index (χ1v) is 8.25. The predicted molar refractivity (Wildman–Crippen MR) is 85.9 cm³/mol. The number of alkyl halides is 1. The minimum atomic E-state index is -0.445. The van der Waals surface area contributed by atoms with Crippen LogP contribution in [0.5, 0.6) is 0 Å². The summed E-state index contributed by atoms with van der Waals surface area (Å²) in [6.07, 6.45) is 2.17. The lowest BCUT2D eigenvalue weighted by Gasteiger charge is -2.37. The average Bonchev–Trinajstić information content (AvgIpc) is 2.59. The van der Waals surface area contributed by atoms with Gasteiger partial charge in [-0.05, 0) is 24.3 Å². The molecule has 2 atom stereocenters. The summed E-state index contributed by atoms with van der Waals surface area (Å²) in [5.74, 6) is 0.302. The van der Waals surface area contributed by atoms with E-state index in [0.29, 0.717) is 18.9 Å². The standard InChI is InChI=1S/C17H22ClNO3/c1-2-13-8-9-19(15(10-13)16(20)11-18)17(21)22-12-14-6-4-3-5-7-14/h3-7,13,15H,2,8-12H2,1H3. The van der Waals surface area contributed by atoms with Crippen molar-refractivity contribution in [1.82, 2.24) is 4.90 Å². The maximum Gasteiger partial charge on any atom is 0.410 e. The highest BCUT2D eigenvalue weighted by Gasteiger charge is 2.35. The fourth-order valence-corrected chi connectivity index (χ4v) is 3.00. The summed E-state index contributed by atoms with van der Waals surface area (Å²) in [5.41, 5.74) is 0.930. The maximum atomic E-state index is 12.3. The molecule has 1 heterocycles. The van der Waals surface area contributed by atoms with Crippen molar-refractivity contribution in [2.45, 2.75) is 38.8 Å². The van der Waals surface area contributed by atoms with Gasteiger partial charge in [0.2, 0.25) is 0 Å². The summed E-state index contributed by atoms with van der Waals surface area (Å²) < 4.78 is 5.35. The van der Waals surface area contributed by atoms with E-state index in [9.17, 15) is 9.59 Å². The molecule has 1 saturated heterocycles. The summed E-state index contributed by atoms with van der Waals surface area (Å²) in [4.78, 5) is 25.9. The molecule has 0 bridgehead atoms. The Balaban J connectivity index is 1.98. The van der Waals surface area contributed by atoms with Crippen LogP contribution in [0.2, 0.25) is 0 Å². The summed E-state index contributed by atoms with van der Waals surface area (Å²) in [6.45, 7) is 2.88. The third kappa shape index (κ3) is 4.23. The molecular formula is C17H22ClNO3. The van der Waals surface area contributed by atoms with Crippen LogP contribution in [0.1, 0.15) is 31.7 Å². The third-order valence-electron chi connectivity index (χ3n) is 4.23. The molecular weight excluding hydrogens is 302 g/mol. The van der Waals surface area contributed by atoms with Crippen LogP contribution >= 0.6 is 11.6 Å². The molecule has 22 heavy (non-hydrogen) atoms. The number of ketones is 1. The van der Waals surface area contributed by atoms with Crippen molar-refractivity contribution in [1.29, 1.82) is 0 Å². The van der Waals surface area contributed by atoms with Crippen molar-refractivity contribution >= 4 is 23.5 Å². The van der Waals surface area contributed by atoms with Gasteiger partial charge in [0.25, 0.3) is 0 Å². The van der Waals surface area contributed by atoms with Crippen LogP contribution in [0, 0.1) is 5.92 Å². The number of piperidine rings is 1. The van der Waals surface area contributed by atoms with Gasteiger partial charge in [0.1, 0.15) is 6.61 Å². The number of carbonyl (C=O) groups excluding carboxylic acids is 2. The smallest absolute Gasteiger partial charge is 0.410 e. The van der Waals surface area contributed by atoms with Crippen LogP contribution in [0.3, 0.4) is 0 Å². The first kappa shape index (κ1) is 16.8. The minimum absolute atomic E-state index is 0.0659. The second-order valence-electron chi connectivity index (χ2n) is 5.65. The Labute approximate surface area is 136 Å². The van der Waals surface area contributed by atoms with E-state index in [2.05, 4.69) is 6.92 Å². The number of amides is 1. The Morgan fingerprint density at radius 3 is 2.68 bits per heavy atom. The minimum Gasteiger partial charge on any atom is -0.445 e. The van der Waals surface area contributed by atoms with E-state index in [1.165, 1.54) is 0 Å². The molecule has 120 valence electrons. The molecule has 5 heteroatoms. The molecule has 0 N–H and O–H groups in total. The van der Waals surface area contributed by atoms with Crippen LogP contribution in [0.25, 0.3) is 0 Å². The summed E-state index contributed by atoms with van der Waals surface area (Å²) in [5, 5.41) is 0.